The van der Waals surface area contributed by atoms with Gasteiger partial charge in [-0.1, -0.05) is 198 Å². The van der Waals surface area contributed by atoms with Crippen molar-refractivity contribution < 1.29 is 0 Å². The maximum atomic E-state index is 2.45. The van der Waals surface area contributed by atoms with E-state index in [1.807, 2.05) is 0 Å². The molecule has 0 fully saturated rings. The third-order valence-corrected chi connectivity index (χ3v) is 14.3. The van der Waals surface area contributed by atoms with Gasteiger partial charge in [-0.3, -0.25) is 0 Å². The molecule has 0 aliphatic heterocycles. The van der Waals surface area contributed by atoms with E-state index < -0.39 is 0 Å². The van der Waals surface area contributed by atoms with Gasteiger partial charge in [-0.25, -0.2) is 0 Å². The minimum atomic E-state index is -0.0896. The molecule has 10 aromatic carbocycles. The Kier molecular flexibility index (Phi) is 8.30. The van der Waals surface area contributed by atoms with Crippen LogP contribution in [0.5, 0.6) is 0 Å². The summed E-state index contributed by atoms with van der Waals surface area (Å²) in [7, 11) is 0. The van der Waals surface area contributed by atoms with Crippen LogP contribution in [0, 0.1) is 0 Å². The van der Waals surface area contributed by atoms with E-state index in [1.165, 1.54) is 99.4 Å². The average molecular weight is 806 g/mol. The maximum Gasteiger partial charge on any atom is 0.0540 e. The summed E-state index contributed by atoms with van der Waals surface area (Å²) in [4.78, 5) is 2.45. The van der Waals surface area contributed by atoms with Crippen molar-refractivity contribution >= 4 is 38.6 Å². The van der Waals surface area contributed by atoms with Crippen LogP contribution in [0.1, 0.15) is 49.9 Å². The number of fused-ring (bicyclic) bond motifs is 9. The SMILES string of the molecule is CC1(C)c2ccccc2-c2ccc(-c3ccc(N(c4ccc(-c5ccc6c(ccc7ccccc76)c5)cc4)c4ccccc4-c4cccc5c4-c4ccccc4C5(C)C)cc3)cc21. The molecule has 0 heterocycles. The predicted molar refractivity (Wildman–Crippen MR) is 268 cm³/mol. The molecule has 2 aliphatic carbocycles. The minimum Gasteiger partial charge on any atom is -0.310 e. The summed E-state index contributed by atoms with van der Waals surface area (Å²) in [5.41, 5.74) is 21.4. The summed E-state index contributed by atoms with van der Waals surface area (Å²) < 4.78 is 0. The van der Waals surface area contributed by atoms with Gasteiger partial charge in [0.25, 0.3) is 0 Å². The van der Waals surface area contributed by atoms with E-state index in [1.54, 1.807) is 0 Å². The van der Waals surface area contributed by atoms with Gasteiger partial charge in [-0.05, 0) is 136 Å². The van der Waals surface area contributed by atoms with Gasteiger partial charge < -0.3 is 4.90 Å². The molecule has 12 rings (SSSR count). The Morgan fingerprint density at radius 2 is 0.794 bits per heavy atom. The van der Waals surface area contributed by atoms with Crippen LogP contribution in [0.25, 0.3) is 77.2 Å². The highest BCUT2D eigenvalue weighted by Gasteiger charge is 2.37. The van der Waals surface area contributed by atoms with Crippen LogP contribution in [-0.4, -0.2) is 0 Å². The monoisotopic (exact) mass is 805 g/mol. The fraction of sp³-hybridized carbons (Fsp3) is 0.0968. The number of rotatable bonds is 6. The molecule has 0 atom stereocenters. The molecule has 0 unspecified atom stereocenters. The molecule has 0 saturated heterocycles. The molecule has 300 valence electrons. The predicted octanol–water partition coefficient (Wildman–Crippen LogP) is 17.1. The molecule has 0 N–H and O–H groups in total. The zero-order valence-electron chi connectivity index (χ0n) is 36.2. The van der Waals surface area contributed by atoms with E-state index >= 15 is 0 Å². The highest BCUT2D eigenvalue weighted by molar-refractivity contribution is 6.08. The van der Waals surface area contributed by atoms with Crippen LogP contribution in [0.3, 0.4) is 0 Å². The van der Waals surface area contributed by atoms with E-state index in [-0.39, 0.29) is 10.8 Å². The van der Waals surface area contributed by atoms with Gasteiger partial charge in [0.2, 0.25) is 0 Å². The molecule has 0 saturated carbocycles. The number of benzene rings is 10. The summed E-state index contributed by atoms with van der Waals surface area (Å²) in [6.45, 7) is 9.44. The van der Waals surface area contributed by atoms with Gasteiger partial charge in [0.05, 0.1) is 5.69 Å². The second-order valence-corrected chi connectivity index (χ2v) is 18.5. The summed E-state index contributed by atoms with van der Waals surface area (Å²) in [5.74, 6) is 0. The van der Waals surface area contributed by atoms with Crippen molar-refractivity contribution in [3.8, 4) is 55.6 Å². The van der Waals surface area contributed by atoms with E-state index in [0.29, 0.717) is 0 Å². The van der Waals surface area contributed by atoms with Crippen LogP contribution in [0.4, 0.5) is 17.1 Å². The molecule has 63 heavy (non-hydrogen) atoms. The van der Waals surface area contributed by atoms with E-state index in [2.05, 4.69) is 245 Å². The van der Waals surface area contributed by atoms with Crippen LogP contribution < -0.4 is 4.90 Å². The molecule has 0 radical (unpaired) electrons. The molecule has 0 bridgehead atoms. The van der Waals surface area contributed by atoms with E-state index in [9.17, 15) is 0 Å². The van der Waals surface area contributed by atoms with Crippen molar-refractivity contribution in [1.82, 2.24) is 0 Å². The Hall–Kier alpha value is -7.48. The van der Waals surface area contributed by atoms with Crippen LogP contribution >= 0.6 is 0 Å². The van der Waals surface area contributed by atoms with Crippen molar-refractivity contribution in [2.24, 2.45) is 0 Å². The lowest BCUT2D eigenvalue weighted by atomic mass is 9.81. The molecule has 1 heteroatoms. The van der Waals surface area contributed by atoms with Crippen molar-refractivity contribution in [1.29, 1.82) is 0 Å². The quantitative estimate of drug-likeness (QED) is 0.151. The number of nitrogens with zero attached hydrogens (tertiary/aromatic N) is 1. The zero-order chi connectivity index (χ0) is 42.5. The third kappa shape index (κ3) is 5.76. The lowest BCUT2D eigenvalue weighted by Crippen LogP contribution is -2.15. The number of para-hydroxylation sites is 1. The van der Waals surface area contributed by atoms with Gasteiger partial charge in [0, 0.05) is 27.8 Å². The molecular weight excluding hydrogens is 759 g/mol. The highest BCUT2D eigenvalue weighted by Crippen LogP contribution is 2.54. The van der Waals surface area contributed by atoms with Gasteiger partial charge >= 0.3 is 0 Å². The Bertz CT molecular complexity index is 3440. The summed E-state index contributed by atoms with van der Waals surface area (Å²) in [5, 5.41) is 5.10. The smallest absolute Gasteiger partial charge is 0.0540 e. The fourth-order valence-corrected chi connectivity index (χ4v) is 11.0. The van der Waals surface area contributed by atoms with E-state index in [0.717, 1.165) is 17.1 Å². The first-order chi connectivity index (χ1) is 30.8. The van der Waals surface area contributed by atoms with Crippen LogP contribution in [0.2, 0.25) is 0 Å². The summed E-state index contributed by atoms with van der Waals surface area (Å²) >= 11 is 0. The second kappa shape index (κ2) is 14.0. The van der Waals surface area contributed by atoms with Gasteiger partial charge in [0.15, 0.2) is 0 Å². The molecule has 1 nitrogen and oxygen atoms in total. The van der Waals surface area contributed by atoms with Gasteiger partial charge in [-0.2, -0.15) is 0 Å². The highest BCUT2D eigenvalue weighted by atomic mass is 15.1. The first-order valence-corrected chi connectivity index (χ1v) is 22.3. The van der Waals surface area contributed by atoms with Gasteiger partial charge in [0.1, 0.15) is 0 Å². The van der Waals surface area contributed by atoms with Crippen LogP contribution in [0.15, 0.2) is 212 Å². The minimum absolute atomic E-state index is 0.0525. The topological polar surface area (TPSA) is 3.24 Å². The molecule has 0 amide bonds. The standard InChI is InChI=1S/C62H47N/c1-61(2)56-21-11-8-18-54(56)60-53(19-13-22-57(60)61)52-17-9-12-23-59(52)63(46-32-26-40(27-33-46)43-30-36-49-45(38-43)25-24-42-14-5-6-15-48(42)49)47-34-28-41(29-35-47)44-31-37-51-50-16-7-10-20-55(50)62(3,4)58(51)39-44/h5-39H,1-4H3. The summed E-state index contributed by atoms with van der Waals surface area (Å²) in [6, 6.07) is 79.1. The molecule has 10 aromatic rings. The number of hydrogen-bond donors (Lipinski definition) is 0. The third-order valence-electron chi connectivity index (χ3n) is 14.3. The zero-order valence-corrected chi connectivity index (χ0v) is 36.2. The second-order valence-electron chi connectivity index (χ2n) is 18.5. The fourth-order valence-electron chi connectivity index (χ4n) is 11.0. The lowest BCUT2D eigenvalue weighted by molar-refractivity contribution is 0.660. The van der Waals surface area contributed by atoms with Crippen molar-refractivity contribution in [2.75, 3.05) is 4.90 Å². The van der Waals surface area contributed by atoms with Crippen LogP contribution in [-0.2, 0) is 10.8 Å². The lowest BCUT2D eigenvalue weighted by Gasteiger charge is -2.29. The molecule has 2 aliphatic rings. The first-order valence-electron chi connectivity index (χ1n) is 22.3. The van der Waals surface area contributed by atoms with E-state index in [4.69, 9.17) is 0 Å². The largest absolute Gasteiger partial charge is 0.310 e. The Labute approximate surface area is 370 Å². The number of hydrogen-bond acceptors (Lipinski definition) is 1. The Balaban J connectivity index is 0.980. The number of anilines is 3. The molecule has 0 aromatic heterocycles. The normalized spacial score (nSPS) is 14.0. The Morgan fingerprint density at radius 3 is 1.54 bits per heavy atom. The first kappa shape index (κ1) is 37.3. The molecular formula is C62H47N. The Morgan fingerprint density at radius 1 is 0.302 bits per heavy atom. The van der Waals surface area contributed by atoms with Crippen molar-refractivity contribution in [3.63, 3.8) is 0 Å². The summed E-state index contributed by atoms with van der Waals surface area (Å²) in [6.07, 6.45) is 0. The van der Waals surface area contributed by atoms with Crippen molar-refractivity contribution in [3.05, 3.63) is 235 Å². The van der Waals surface area contributed by atoms with Gasteiger partial charge in [-0.15, -0.1) is 0 Å². The van der Waals surface area contributed by atoms with Crippen molar-refractivity contribution in [2.45, 2.75) is 38.5 Å². The average Bonchev–Trinajstić information content (AvgIpc) is 3.71. The maximum absolute atomic E-state index is 2.45. The molecule has 0 spiro atoms.